The molecule has 0 unspecified atom stereocenters. The van der Waals surface area contributed by atoms with Crippen LogP contribution in [-0.4, -0.2) is 37.1 Å². The average molecular weight is 287 g/mol. The summed E-state index contributed by atoms with van der Waals surface area (Å²) in [7, 11) is 1.71. The second kappa shape index (κ2) is 6.27. The second-order valence-corrected chi connectivity index (χ2v) is 5.05. The number of unbranched alkanes of at least 4 members (excludes halogenated alkanes) is 1. The van der Waals surface area contributed by atoms with E-state index in [1.165, 1.54) is 0 Å². The van der Waals surface area contributed by atoms with E-state index in [0.717, 1.165) is 16.9 Å². The minimum atomic E-state index is -0.896. The molecule has 6 heteroatoms. The van der Waals surface area contributed by atoms with Crippen molar-refractivity contribution in [2.75, 3.05) is 29.9 Å². The molecule has 0 aliphatic carbocycles. The van der Waals surface area contributed by atoms with Gasteiger partial charge in [0.05, 0.1) is 12.5 Å². The number of carboxylic acid groups (broad SMARTS) is 1. The number of amides is 1. The van der Waals surface area contributed by atoms with Crippen LogP contribution in [0, 0.1) is 11.3 Å². The van der Waals surface area contributed by atoms with Crippen LogP contribution in [0.25, 0.3) is 0 Å². The number of carbonyl (C=O) groups excluding carboxylic acids is 1. The number of likely N-dealkylation sites (N-methyl/N-ethyl adjacent to an activating group) is 1. The molecule has 1 heterocycles. The van der Waals surface area contributed by atoms with Gasteiger partial charge in [-0.05, 0) is 30.2 Å². The maximum absolute atomic E-state index is 12.0. The summed E-state index contributed by atoms with van der Waals surface area (Å²) in [6, 6.07) is 7.60. The monoisotopic (exact) mass is 287 g/mol. The number of carboxylic acids is 1. The van der Waals surface area contributed by atoms with Gasteiger partial charge in [-0.25, -0.2) is 0 Å². The summed E-state index contributed by atoms with van der Waals surface area (Å²) in [4.78, 5) is 26.1. The number of aliphatic carboxylic acids is 1. The Balaban J connectivity index is 2.15. The van der Waals surface area contributed by atoms with E-state index in [4.69, 9.17) is 10.4 Å². The summed E-state index contributed by atoms with van der Waals surface area (Å²) < 4.78 is 0. The van der Waals surface area contributed by atoms with Crippen molar-refractivity contribution in [3.05, 3.63) is 23.8 Å². The molecule has 0 fully saturated rings. The molecule has 1 aromatic rings. The van der Waals surface area contributed by atoms with Gasteiger partial charge in [0.2, 0.25) is 5.91 Å². The molecule has 0 bridgehead atoms. The van der Waals surface area contributed by atoms with Gasteiger partial charge in [0.25, 0.3) is 0 Å². The fraction of sp³-hybridized carbons (Fsp3) is 0.400. The van der Waals surface area contributed by atoms with Crippen LogP contribution >= 0.6 is 0 Å². The molecule has 1 N–H and O–H groups in total. The first-order valence-electron chi connectivity index (χ1n) is 6.76. The molecular weight excluding hydrogens is 270 g/mol. The van der Waals surface area contributed by atoms with Crippen molar-refractivity contribution >= 4 is 23.3 Å². The molecule has 1 amide bonds. The van der Waals surface area contributed by atoms with Gasteiger partial charge in [0.1, 0.15) is 6.54 Å². The number of hydrogen-bond donors (Lipinski definition) is 1. The van der Waals surface area contributed by atoms with Crippen molar-refractivity contribution in [2.45, 2.75) is 19.3 Å². The number of rotatable bonds is 6. The molecule has 0 radical (unpaired) electrons. The van der Waals surface area contributed by atoms with Crippen LogP contribution < -0.4 is 9.80 Å². The zero-order valence-corrected chi connectivity index (χ0v) is 11.9. The maximum Gasteiger partial charge on any atom is 0.323 e. The number of nitrogens with zero attached hydrogens (tertiary/aromatic N) is 3. The molecule has 1 aliphatic rings. The number of nitriles is 1. The van der Waals surface area contributed by atoms with E-state index < -0.39 is 5.97 Å². The van der Waals surface area contributed by atoms with Crippen molar-refractivity contribution in [1.29, 1.82) is 5.26 Å². The van der Waals surface area contributed by atoms with Gasteiger partial charge in [-0.3, -0.25) is 9.59 Å². The van der Waals surface area contributed by atoms with E-state index in [2.05, 4.69) is 6.07 Å². The first-order valence-corrected chi connectivity index (χ1v) is 6.76. The Bertz CT molecular complexity index is 607. The van der Waals surface area contributed by atoms with Crippen LogP contribution in [0.15, 0.2) is 18.2 Å². The molecule has 1 aliphatic heterocycles. The van der Waals surface area contributed by atoms with Crippen LogP contribution in [0.1, 0.15) is 18.4 Å². The molecule has 110 valence electrons. The van der Waals surface area contributed by atoms with Gasteiger partial charge in [-0.2, -0.15) is 5.26 Å². The lowest BCUT2D eigenvalue weighted by Gasteiger charge is -2.20. The Morgan fingerprint density at radius 3 is 2.95 bits per heavy atom. The van der Waals surface area contributed by atoms with Crippen LogP contribution in [0.2, 0.25) is 0 Å². The first kappa shape index (κ1) is 14.9. The molecule has 0 aromatic heterocycles. The summed E-state index contributed by atoms with van der Waals surface area (Å²) in [6.07, 6.45) is 1.41. The zero-order chi connectivity index (χ0) is 15.4. The summed E-state index contributed by atoms with van der Waals surface area (Å²) in [5.41, 5.74) is 2.56. The number of anilines is 2. The van der Waals surface area contributed by atoms with E-state index >= 15 is 0 Å². The molecule has 21 heavy (non-hydrogen) atoms. The molecular formula is C15H17N3O3. The highest BCUT2D eigenvalue weighted by Crippen LogP contribution is 2.32. The molecule has 6 nitrogen and oxygen atoms in total. The van der Waals surface area contributed by atoms with Crippen molar-refractivity contribution in [2.24, 2.45) is 0 Å². The van der Waals surface area contributed by atoms with Gasteiger partial charge in [0, 0.05) is 31.4 Å². The third-order valence-corrected chi connectivity index (χ3v) is 3.48. The summed E-state index contributed by atoms with van der Waals surface area (Å²) >= 11 is 0. The second-order valence-electron chi connectivity index (χ2n) is 5.05. The van der Waals surface area contributed by atoms with E-state index in [0.29, 0.717) is 25.8 Å². The number of fused-ring (bicyclic) bond motifs is 1. The Hall–Kier alpha value is -2.55. The lowest BCUT2D eigenvalue weighted by atomic mass is 10.1. The molecule has 0 spiro atoms. The largest absolute Gasteiger partial charge is 0.480 e. The number of carbonyl (C=O) groups is 2. The van der Waals surface area contributed by atoms with Crippen molar-refractivity contribution in [3.63, 3.8) is 0 Å². The summed E-state index contributed by atoms with van der Waals surface area (Å²) in [5.74, 6) is -0.867. The standard InChI is InChI=1S/C15H17N3O3/c1-17(10-15(20)21)12-4-5-13-11(8-12)9-14(19)18(13)7-3-2-6-16/h4-5,8H,2-3,7,9-10H2,1H3,(H,20,21). The molecule has 0 atom stereocenters. The lowest BCUT2D eigenvalue weighted by Crippen LogP contribution is -2.27. The van der Waals surface area contributed by atoms with Crippen LogP contribution in [0.5, 0.6) is 0 Å². The smallest absolute Gasteiger partial charge is 0.323 e. The summed E-state index contributed by atoms with van der Waals surface area (Å²) in [6.45, 7) is 0.461. The van der Waals surface area contributed by atoms with Crippen molar-refractivity contribution in [1.82, 2.24) is 0 Å². The highest BCUT2D eigenvalue weighted by atomic mass is 16.4. The van der Waals surface area contributed by atoms with Crippen LogP contribution in [0.3, 0.4) is 0 Å². The summed E-state index contributed by atoms with van der Waals surface area (Å²) in [5, 5.41) is 17.4. The van der Waals surface area contributed by atoms with Crippen LogP contribution in [0.4, 0.5) is 11.4 Å². The van der Waals surface area contributed by atoms with E-state index in [-0.39, 0.29) is 12.5 Å². The lowest BCUT2D eigenvalue weighted by molar-refractivity contribution is -0.135. The SMILES string of the molecule is CN(CC(=O)O)c1ccc2c(c1)CC(=O)N2CCCC#N. The van der Waals surface area contributed by atoms with Crippen molar-refractivity contribution in [3.8, 4) is 6.07 Å². The Kier molecular flexibility index (Phi) is 4.43. The predicted octanol–water partition coefficient (Wildman–Crippen LogP) is 1.40. The highest BCUT2D eigenvalue weighted by Gasteiger charge is 2.27. The van der Waals surface area contributed by atoms with E-state index in [1.807, 2.05) is 18.2 Å². The third-order valence-electron chi connectivity index (χ3n) is 3.48. The normalized spacial score (nSPS) is 13.0. The van der Waals surface area contributed by atoms with E-state index in [9.17, 15) is 9.59 Å². The maximum atomic E-state index is 12.0. The highest BCUT2D eigenvalue weighted by molar-refractivity contribution is 6.01. The van der Waals surface area contributed by atoms with Gasteiger partial charge in [-0.15, -0.1) is 0 Å². The number of benzene rings is 1. The first-order chi connectivity index (χ1) is 10.0. The quantitative estimate of drug-likeness (QED) is 0.799. The predicted molar refractivity (Wildman–Crippen MR) is 78.3 cm³/mol. The molecule has 0 saturated heterocycles. The Labute approximate surface area is 123 Å². The third kappa shape index (κ3) is 3.31. The van der Waals surface area contributed by atoms with Gasteiger partial charge in [0.15, 0.2) is 0 Å². The van der Waals surface area contributed by atoms with E-state index in [1.54, 1.807) is 16.8 Å². The fourth-order valence-electron chi connectivity index (χ4n) is 2.46. The topological polar surface area (TPSA) is 84.6 Å². The Morgan fingerprint density at radius 2 is 2.29 bits per heavy atom. The van der Waals surface area contributed by atoms with Crippen LogP contribution in [-0.2, 0) is 16.0 Å². The van der Waals surface area contributed by atoms with Gasteiger partial charge >= 0.3 is 5.97 Å². The average Bonchev–Trinajstić information content (AvgIpc) is 2.73. The molecule has 2 rings (SSSR count). The molecule has 0 saturated carbocycles. The Morgan fingerprint density at radius 1 is 1.52 bits per heavy atom. The van der Waals surface area contributed by atoms with Crippen molar-refractivity contribution < 1.29 is 14.7 Å². The molecule has 1 aromatic carbocycles. The minimum absolute atomic E-state index is 0.0287. The minimum Gasteiger partial charge on any atom is -0.480 e. The zero-order valence-electron chi connectivity index (χ0n) is 11.9. The van der Waals surface area contributed by atoms with Gasteiger partial charge < -0.3 is 14.9 Å². The number of hydrogen-bond acceptors (Lipinski definition) is 4. The fourth-order valence-corrected chi connectivity index (χ4v) is 2.46. The van der Waals surface area contributed by atoms with Gasteiger partial charge in [-0.1, -0.05) is 0 Å².